The lowest BCUT2D eigenvalue weighted by atomic mass is 10.0. The number of hydrogen-bond donors (Lipinski definition) is 2. The molecule has 9 heteroatoms. The summed E-state index contributed by atoms with van der Waals surface area (Å²) in [7, 11) is 1.60. The molecule has 0 unspecified atom stereocenters. The zero-order chi connectivity index (χ0) is 20.8. The molecule has 148 valence electrons. The van der Waals surface area contributed by atoms with E-state index in [2.05, 4.69) is 20.4 Å². The van der Waals surface area contributed by atoms with Gasteiger partial charge in [-0.2, -0.15) is 18.3 Å². The molecule has 4 aromatic rings. The lowest BCUT2D eigenvalue weighted by Gasteiger charge is -2.12. The van der Waals surface area contributed by atoms with E-state index in [1.165, 1.54) is 23.1 Å². The van der Waals surface area contributed by atoms with Crippen LogP contribution in [0.25, 0.3) is 22.2 Å². The van der Waals surface area contributed by atoms with E-state index in [0.717, 1.165) is 17.0 Å². The van der Waals surface area contributed by atoms with E-state index in [-0.39, 0.29) is 11.4 Å². The van der Waals surface area contributed by atoms with Crippen molar-refractivity contribution in [2.75, 3.05) is 5.32 Å². The number of nitrogens with zero attached hydrogens (tertiary/aromatic N) is 3. The van der Waals surface area contributed by atoms with Crippen molar-refractivity contribution in [2.45, 2.75) is 13.1 Å². The van der Waals surface area contributed by atoms with Gasteiger partial charge in [0.25, 0.3) is 5.91 Å². The lowest BCUT2D eigenvalue weighted by molar-refractivity contribution is -0.137. The zero-order valence-electron chi connectivity index (χ0n) is 15.5. The Hall–Kier alpha value is -3.62. The summed E-state index contributed by atoms with van der Waals surface area (Å²) in [5.74, 6) is -0.291. The molecule has 0 aliphatic carbocycles. The fourth-order valence-electron chi connectivity index (χ4n) is 3.17. The fourth-order valence-corrected chi connectivity index (χ4v) is 3.17. The van der Waals surface area contributed by atoms with Gasteiger partial charge in [-0.3, -0.25) is 4.79 Å². The van der Waals surface area contributed by atoms with Crippen LogP contribution in [0.15, 0.2) is 48.8 Å². The number of fused-ring (bicyclic) bond motifs is 1. The number of H-pyrrole nitrogens is 1. The van der Waals surface area contributed by atoms with Crippen LogP contribution in [0.2, 0.25) is 0 Å². The number of alkyl halides is 3. The monoisotopic (exact) mass is 399 g/mol. The van der Waals surface area contributed by atoms with E-state index >= 15 is 0 Å². The third-order valence-corrected chi connectivity index (χ3v) is 4.57. The van der Waals surface area contributed by atoms with Gasteiger partial charge in [-0.25, -0.2) is 9.67 Å². The fraction of sp³-hybridized carbons (Fsp3) is 0.150. The van der Waals surface area contributed by atoms with Crippen molar-refractivity contribution >= 4 is 22.5 Å². The topological polar surface area (TPSA) is 75.6 Å². The standard InChI is InChI=1S/C20H16F3N5O/c1-11-3-6-15(20(21,22)23)14(7-11)17-8-12-4-5-13(9-16(12)27-17)26-19(29)18-24-10-25-28(18)2/h3-10,27H,1-2H3,(H,26,29). The Kier molecular flexibility index (Phi) is 4.37. The quantitative estimate of drug-likeness (QED) is 0.531. The minimum absolute atomic E-state index is 0.0818. The normalized spacial score (nSPS) is 11.8. The van der Waals surface area contributed by atoms with Crippen molar-refractivity contribution in [3.05, 3.63) is 65.7 Å². The molecule has 0 saturated carbocycles. The summed E-state index contributed by atoms with van der Waals surface area (Å²) in [6.45, 7) is 1.74. The Balaban J connectivity index is 1.71. The van der Waals surface area contributed by atoms with Gasteiger partial charge in [-0.15, -0.1) is 0 Å². The summed E-state index contributed by atoms with van der Waals surface area (Å²) >= 11 is 0. The molecule has 2 heterocycles. The molecule has 0 atom stereocenters. The number of nitrogens with one attached hydrogen (secondary N) is 2. The molecule has 0 aliphatic heterocycles. The second kappa shape index (κ2) is 6.77. The number of anilines is 1. The first-order chi connectivity index (χ1) is 13.7. The van der Waals surface area contributed by atoms with Gasteiger partial charge in [-0.05, 0) is 37.3 Å². The SMILES string of the molecule is Cc1ccc(C(F)(F)F)c(-c2cc3ccc(NC(=O)c4ncnn4C)cc3[nH]2)c1. The summed E-state index contributed by atoms with van der Waals surface area (Å²) in [5, 5.41) is 7.28. The number of aryl methyl sites for hydroxylation is 2. The molecule has 2 N–H and O–H groups in total. The van der Waals surface area contributed by atoms with E-state index in [0.29, 0.717) is 16.9 Å². The van der Waals surface area contributed by atoms with E-state index in [1.54, 1.807) is 38.2 Å². The number of aromatic nitrogens is 4. The van der Waals surface area contributed by atoms with Crippen LogP contribution in [0.3, 0.4) is 0 Å². The molecule has 6 nitrogen and oxygen atoms in total. The van der Waals surface area contributed by atoms with Gasteiger partial charge >= 0.3 is 6.18 Å². The Morgan fingerprint density at radius 2 is 1.93 bits per heavy atom. The van der Waals surface area contributed by atoms with Crippen molar-refractivity contribution in [1.82, 2.24) is 19.7 Å². The second-order valence-corrected chi connectivity index (χ2v) is 6.69. The maximum Gasteiger partial charge on any atom is 0.417 e. The Bertz CT molecular complexity index is 1220. The Labute approximate surface area is 163 Å². The Morgan fingerprint density at radius 1 is 1.14 bits per heavy atom. The molecule has 2 aromatic carbocycles. The first kappa shape index (κ1) is 18.7. The van der Waals surface area contributed by atoms with Gasteiger partial charge in [0.2, 0.25) is 5.82 Å². The molecule has 4 rings (SSSR count). The van der Waals surface area contributed by atoms with Crippen LogP contribution in [-0.2, 0) is 13.2 Å². The van der Waals surface area contributed by atoms with Crippen LogP contribution >= 0.6 is 0 Å². The number of benzene rings is 2. The predicted molar refractivity (Wildman–Crippen MR) is 102 cm³/mol. The molecule has 0 saturated heterocycles. The van der Waals surface area contributed by atoms with Crippen molar-refractivity contribution in [2.24, 2.45) is 7.05 Å². The van der Waals surface area contributed by atoms with E-state index < -0.39 is 17.6 Å². The number of hydrogen-bond acceptors (Lipinski definition) is 3. The van der Waals surface area contributed by atoms with Gasteiger partial charge in [-0.1, -0.05) is 17.7 Å². The summed E-state index contributed by atoms with van der Waals surface area (Å²) in [6.07, 6.45) is -3.19. The van der Waals surface area contributed by atoms with Gasteiger partial charge in [0.05, 0.1) is 5.56 Å². The van der Waals surface area contributed by atoms with Crippen LogP contribution < -0.4 is 5.32 Å². The van der Waals surface area contributed by atoms with Crippen molar-refractivity contribution in [3.8, 4) is 11.3 Å². The molecule has 0 aliphatic rings. The molecule has 0 bridgehead atoms. The highest BCUT2D eigenvalue weighted by Gasteiger charge is 2.34. The average molecular weight is 399 g/mol. The predicted octanol–water partition coefficient (Wildman–Crippen LogP) is 4.54. The highest BCUT2D eigenvalue weighted by molar-refractivity contribution is 6.03. The molecule has 0 radical (unpaired) electrons. The van der Waals surface area contributed by atoms with Crippen LogP contribution in [0, 0.1) is 6.92 Å². The number of aromatic amines is 1. The average Bonchev–Trinajstić information content (AvgIpc) is 3.26. The van der Waals surface area contributed by atoms with E-state index in [1.807, 2.05) is 0 Å². The van der Waals surface area contributed by atoms with Crippen LogP contribution in [0.1, 0.15) is 21.7 Å². The van der Waals surface area contributed by atoms with Crippen LogP contribution in [0.4, 0.5) is 18.9 Å². The molecular weight excluding hydrogens is 383 g/mol. The molecular formula is C20H16F3N5O. The first-order valence-corrected chi connectivity index (χ1v) is 8.69. The number of amides is 1. The van der Waals surface area contributed by atoms with E-state index in [4.69, 9.17) is 0 Å². The molecule has 0 fully saturated rings. The van der Waals surface area contributed by atoms with Crippen LogP contribution in [0.5, 0.6) is 0 Å². The number of carbonyl (C=O) groups excluding carboxylic acids is 1. The number of rotatable bonds is 3. The summed E-state index contributed by atoms with van der Waals surface area (Å²) in [4.78, 5) is 19.2. The second-order valence-electron chi connectivity index (χ2n) is 6.69. The Morgan fingerprint density at radius 3 is 2.62 bits per heavy atom. The number of halogens is 3. The highest BCUT2D eigenvalue weighted by Crippen LogP contribution is 2.38. The molecule has 29 heavy (non-hydrogen) atoms. The van der Waals surface area contributed by atoms with Crippen molar-refractivity contribution in [1.29, 1.82) is 0 Å². The molecule has 0 spiro atoms. The molecule has 1 amide bonds. The zero-order valence-corrected chi connectivity index (χ0v) is 15.5. The summed E-state index contributed by atoms with van der Waals surface area (Å²) < 4.78 is 41.6. The van der Waals surface area contributed by atoms with Gasteiger partial charge in [0, 0.05) is 34.9 Å². The van der Waals surface area contributed by atoms with Gasteiger partial charge in [0.1, 0.15) is 6.33 Å². The van der Waals surface area contributed by atoms with Gasteiger partial charge in [0.15, 0.2) is 0 Å². The van der Waals surface area contributed by atoms with E-state index in [9.17, 15) is 18.0 Å². The minimum Gasteiger partial charge on any atom is -0.354 e. The highest BCUT2D eigenvalue weighted by atomic mass is 19.4. The minimum atomic E-state index is -4.46. The first-order valence-electron chi connectivity index (χ1n) is 8.69. The van der Waals surface area contributed by atoms with Crippen LogP contribution in [-0.4, -0.2) is 25.7 Å². The summed E-state index contributed by atoms with van der Waals surface area (Å²) in [5.41, 5.74) is 1.55. The lowest BCUT2D eigenvalue weighted by Crippen LogP contribution is -2.17. The number of carbonyl (C=O) groups is 1. The third kappa shape index (κ3) is 3.58. The summed E-state index contributed by atoms with van der Waals surface area (Å²) in [6, 6.07) is 10.8. The largest absolute Gasteiger partial charge is 0.417 e. The van der Waals surface area contributed by atoms with Crippen molar-refractivity contribution < 1.29 is 18.0 Å². The third-order valence-electron chi connectivity index (χ3n) is 4.57. The molecule has 2 aromatic heterocycles. The maximum absolute atomic E-state index is 13.4. The maximum atomic E-state index is 13.4. The van der Waals surface area contributed by atoms with Crippen molar-refractivity contribution in [3.63, 3.8) is 0 Å². The smallest absolute Gasteiger partial charge is 0.354 e. The van der Waals surface area contributed by atoms with Gasteiger partial charge < -0.3 is 10.3 Å².